The van der Waals surface area contributed by atoms with Gasteiger partial charge in [0, 0.05) is 12.5 Å². The lowest BCUT2D eigenvalue weighted by Crippen LogP contribution is -2.51. The Morgan fingerprint density at radius 3 is 2.40 bits per heavy atom. The van der Waals surface area contributed by atoms with Gasteiger partial charge < -0.3 is 26.2 Å². The van der Waals surface area contributed by atoms with E-state index in [1.807, 2.05) is 0 Å². The van der Waals surface area contributed by atoms with E-state index < -0.39 is 24.1 Å². The van der Waals surface area contributed by atoms with Gasteiger partial charge in [-0.05, 0) is 25.2 Å². The Morgan fingerprint density at radius 1 is 1.12 bits per heavy atom. The normalized spacial score (nSPS) is 23.6. The van der Waals surface area contributed by atoms with Gasteiger partial charge in [-0.1, -0.05) is 32.1 Å². The average Bonchev–Trinajstić information content (AvgIpc) is 2.99. The van der Waals surface area contributed by atoms with Crippen LogP contribution >= 0.6 is 0 Å². The molecule has 5 N–H and O–H groups in total. The molecule has 1 aliphatic heterocycles. The van der Waals surface area contributed by atoms with Gasteiger partial charge in [0.05, 0.1) is 12.6 Å². The molecule has 142 valence electrons. The Labute approximate surface area is 147 Å². The van der Waals surface area contributed by atoms with Crippen LogP contribution in [-0.2, 0) is 9.59 Å². The summed E-state index contributed by atoms with van der Waals surface area (Å²) in [7, 11) is 0. The van der Waals surface area contributed by atoms with Gasteiger partial charge in [0.25, 0.3) is 0 Å². The molecular weight excluding hydrogens is 326 g/mol. The number of aliphatic hydroxyl groups is 1. The minimum Gasteiger partial charge on any atom is -0.465 e. The molecule has 3 atom stereocenters. The number of carbonyl (C=O) groups excluding carboxylic acids is 2. The molecule has 1 saturated heterocycles. The van der Waals surface area contributed by atoms with E-state index in [9.17, 15) is 19.5 Å². The van der Waals surface area contributed by atoms with Gasteiger partial charge in [-0.25, -0.2) is 4.79 Å². The highest BCUT2D eigenvalue weighted by Gasteiger charge is 2.30. The van der Waals surface area contributed by atoms with E-state index in [0.717, 1.165) is 25.7 Å². The fourth-order valence-electron chi connectivity index (χ4n) is 3.83. The van der Waals surface area contributed by atoms with E-state index in [1.165, 1.54) is 6.42 Å². The van der Waals surface area contributed by atoms with Crippen LogP contribution in [0.15, 0.2) is 0 Å². The zero-order valence-corrected chi connectivity index (χ0v) is 14.5. The number of hydrogen-bond donors (Lipinski definition) is 5. The number of carboxylic acid groups (broad SMARTS) is 1. The molecule has 1 heterocycles. The third-order valence-electron chi connectivity index (χ3n) is 5.21. The van der Waals surface area contributed by atoms with Gasteiger partial charge in [-0.15, -0.1) is 0 Å². The van der Waals surface area contributed by atoms with Crippen molar-refractivity contribution in [2.45, 2.75) is 63.5 Å². The maximum Gasteiger partial charge on any atom is 0.405 e. The van der Waals surface area contributed by atoms with Gasteiger partial charge in [0.1, 0.15) is 6.04 Å². The maximum atomic E-state index is 12.5. The second-order valence-electron chi connectivity index (χ2n) is 7.14. The molecule has 0 aromatic carbocycles. The summed E-state index contributed by atoms with van der Waals surface area (Å²) >= 11 is 0. The first-order valence-electron chi connectivity index (χ1n) is 9.18. The van der Waals surface area contributed by atoms with Crippen LogP contribution < -0.4 is 16.0 Å². The summed E-state index contributed by atoms with van der Waals surface area (Å²) in [4.78, 5) is 35.2. The van der Waals surface area contributed by atoms with Crippen molar-refractivity contribution in [2.24, 2.45) is 11.8 Å². The van der Waals surface area contributed by atoms with Crippen molar-refractivity contribution in [3.8, 4) is 0 Å². The molecule has 2 rings (SSSR count). The van der Waals surface area contributed by atoms with Crippen LogP contribution in [0.25, 0.3) is 0 Å². The van der Waals surface area contributed by atoms with E-state index in [-0.39, 0.29) is 18.4 Å². The lowest BCUT2D eigenvalue weighted by molar-refractivity contribution is -0.126. The monoisotopic (exact) mass is 355 g/mol. The highest BCUT2D eigenvalue weighted by atomic mass is 16.4. The third-order valence-corrected chi connectivity index (χ3v) is 5.21. The van der Waals surface area contributed by atoms with Crippen LogP contribution in [-0.4, -0.2) is 53.4 Å². The Balaban J connectivity index is 1.91. The quantitative estimate of drug-likeness (QED) is 0.435. The SMILES string of the molecule is O=C(O)N[C@@H](CC1CCCCC1)C(=O)N[C@H](CO)C[C@@H]1CCNC1=O. The Hall–Kier alpha value is -1.83. The van der Waals surface area contributed by atoms with Crippen LogP contribution in [0.1, 0.15) is 51.4 Å². The van der Waals surface area contributed by atoms with Crippen molar-refractivity contribution in [1.82, 2.24) is 16.0 Å². The van der Waals surface area contributed by atoms with Crippen LogP contribution in [0.3, 0.4) is 0 Å². The fraction of sp³-hybridized carbons (Fsp3) is 0.824. The first-order valence-corrected chi connectivity index (χ1v) is 9.18. The van der Waals surface area contributed by atoms with Crippen LogP contribution in [0, 0.1) is 11.8 Å². The number of hydrogen-bond acceptors (Lipinski definition) is 4. The first kappa shape index (κ1) is 19.5. The van der Waals surface area contributed by atoms with E-state index in [1.54, 1.807) is 0 Å². The molecule has 25 heavy (non-hydrogen) atoms. The van der Waals surface area contributed by atoms with E-state index in [2.05, 4.69) is 16.0 Å². The third kappa shape index (κ3) is 6.19. The molecule has 8 nitrogen and oxygen atoms in total. The molecule has 0 aromatic heterocycles. The molecule has 3 amide bonds. The van der Waals surface area contributed by atoms with Crippen molar-refractivity contribution in [3.05, 3.63) is 0 Å². The topological polar surface area (TPSA) is 128 Å². The number of carbonyl (C=O) groups is 3. The Bertz CT molecular complexity index is 479. The predicted octanol–water partition coefficient (Wildman–Crippen LogP) is 0.596. The van der Waals surface area contributed by atoms with E-state index >= 15 is 0 Å². The Kier molecular flexibility index (Phi) is 7.49. The summed E-state index contributed by atoms with van der Waals surface area (Å²) in [6.45, 7) is 0.333. The molecule has 2 aliphatic rings. The highest BCUT2D eigenvalue weighted by molar-refractivity contribution is 5.85. The van der Waals surface area contributed by atoms with Crippen molar-refractivity contribution >= 4 is 17.9 Å². The molecular formula is C17H29N3O5. The first-order chi connectivity index (χ1) is 12.0. The maximum absolute atomic E-state index is 12.5. The Morgan fingerprint density at radius 2 is 1.84 bits per heavy atom. The van der Waals surface area contributed by atoms with Crippen LogP contribution in [0.5, 0.6) is 0 Å². The summed E-state index contributed by atoms with van der Waals surface area (Å²) in [5.41, 5.74) is 0. The fourth-order valence-corrected chi connectivity index (χ4v) is 3.83. The molecule has 0 bridgehead atoms. The van der Waals surface area contributed by atoms with Crippen molar-refractivity contribution in [1.29, 1.82) is 0 Å². The number of amides is 3. The van der Waals surface area contributed by atoms with Crippen molar-refractivity contribution in [3.63, 3.8) is 0 Å². The summed E-state index contributed by atoms with van der Waals surface area (Å²) in [6, 6.07) is -1.38. The summed E-state index contributed by atoms with van der Waals surface area (Å²) < 4.78 is 0. The second-order valence-corrected chi connectivity index (χ2v) is 7.14. The second kappa shape index (κ2) is 9.60. The smallest absolute Gasteiger partial charge is 0.405 e. The van der Waals surface area contributed by atoms with Gasteiger partial charge in [0.2, 0.25) is 11.8 Å². The number of aliphatic hydroxyl groups excluding tert-OH is 1. The van der Waals surface area contributed by atoms with Crippen LogP contribution in [0.2, 0.25) is 0 Å². The van der Waals surface area contributed by atoms with Gasteiger partial charge in [0.15, 0.2) is 0 Å². The van der Waals surface area contributed by atoms with Crippen molar-refractivity contribution in [2.75, 3.05) is 13.2 Å². The zero-order valence-electron chi connectivity index (χ0n) is 14.5. The molecule has 0 spiro atoms. The lowest BCUT2D eigenvalue weighted by atomic mass is 9.84. The number of rotatable bonds is 8. The van der Waals surface area contributed by atoms with Gasteiger partial charge in [-0.2, -0.15) is 0 Å². The average molecular weight is 355 g/mol. The zero-order chi connectivity index (χ0) is 18.2. The molecule has 2 fully saturated rings. The molecule has 0 aromatic rings. The minimum absolute atomic E-state index is 0.0601. The lowest BCUT2D eigenvalue weighted by Gasteiger charge is -2.27. The highest BCUT2D eigenvalue weighted by Crippen LogP contribution is 2.27. The van der Waals surface area contributed by atoms with E-state index in [0.29, 0.717) is 31.7 Å². The molecule has 0 unspecified atom stereocenters. The molecule has 8 heteroatoms. The van der Waals surface area contributed by atoms with Gasteiger partial charge >= 0.3 is 6.09 Å². The van der Waals surface area contributed by atoms with Crippen molar-refractivity contribution < 1.29 is 24.6 Å². The molecule has 1 saturated carbocycles. The number of nitrogens with one attached hydrogen (secondary N) is 3. The summed E-state index contributed by atoms with van der Waals surface area (Å²) in [6.07, 6.45) is 5.72. The summed E-state index contributed by atoms with van der Waals surface area (Å²) in [5, 5.41) is 26.3. The minimum atomic E-state index is -1.23. The standard InChI is InChI=1S/C17H29N3O5/c21-10-13(9-12-6-7-18-15(12)22)19-16(23)14(20-17(24)25)8-11-4-2-1-3-5-11/h11-14,20-21H,1-10H2,(H,18,22)(H,19,23)(H,24,25)/t12-,13-,14-/m0/s1. The van der Waals surface area contributed by atoms with Crippen LogP contribution in [0.4, 0.5) is 4.79 Å². The van der Waals surface area contributed by atoms with E-state index in [4.69, 9.17) is 5.11 Å². The summed E-state index contributed by atoms with van der Waals surface area (Å²) in [5.74, 6) is -0.369. The molecule has 0 radical (unpaired) electrons. The molecule has 1 aliphatic carbocycles. The largest absolute Gasteiger partial charge is 0.465 e. The van der Waals surface area contributed by atoms with Gasteiger partial charge in [-0.3, -0.25) is 9.59 Å². The predicted molar refractivity (Wildman–Crippen MR) is 90.9 cm³/mol.